The largest absolute Gasteiger partial charge is 0.345 e. The van der Waals surface area contributed by atoms with Crippen LogP contribution < -0.4 is 5.32 Å². The molecule has 1 fully saturated rings. The highest BCUT2D eigenvalue weighted by Gasteiger charge is 2.25. The van der Waals surface area contributed by atoms with E-state index in [1.807, 2.05) is 24.3 Å². The number of carbonyl (C=O) groups excluding carboxylic acids is 1. The summed E-state index contributed by atoms with van der Waals surface area (Å²) in [4.78, 5) is 20.2. The number of fused-ring (bicyclic) bond motifs is 1. The van der Waals surface area contributed by atoms with Gasteiger partial charge in [-0.05, 0) is 49.2 Å². The van der Waals surface area contributed by atoms with E-state index in [1.165, 1.54) is 12.1 Å². The van der Waals surface area contributed by atoms with Gasteiger partial charge in [-0.25, -0.2) is 13.4 Å². The van der Waals surface area contributed by atoms with Crippen LogP contribution in [0, 0.1) is 0 Å². The maximum atomic E-state index is 12.8. The van der Waals surface area contributed by atoms with Gasteiger partial charge in [0.05, 0.1) is 22.5 Å². The molecule has 2 aromatic carbocycles. The molecule has 1 aliphatic heterocycles. The minimum absolute atomic E-state index is 0.230. The second kappa shape index (κ2) is 8.34. The Morgan fingerprint density at radius 2 is 1.69 bits per heavy atom. The van der Waals surface area contributed by atoms with E-state index in [1.54, 1.807) is 16.4 Å². The molecule has 1 amide bonds. The first-order valence-corrected chi connectivity index (χ1v) is 11.3. The molecule has 1 aromatic heterocycles. The van der Waals surface area contributed by atoms with Crippen molar-refractivity contribution in [2.75, 3.05) is 13.1 Å². The molecule has 7 nitrogen and oxygen atoms in total. The lowest BCUT2D eigenvalue weighted by molar-refractivity contribution is 0.0950. The summed E-state index contributed by atoms with van der Waals surface area (Å²) >= 11 is 0. The molecular formula is C21H24N4O3S. The van der Waals surface area contributed by atoms with Gasteiger partial charge < -0.3 is 10.3 Å². The zero-order chi connectivity index (χ0) is 20.3. The molecule has 29 heavy (non-hydrogen) atoms. The number of para-hydroxylation sites is 2. The average molecular weight is 413 g/mol. The summed E-state index contributed by atoms with van der Waals surface area (Å²) in [5, 5.41) is 2.81. The first-order valence-electron chi connectivity index (χ1n) is 9.86. The Kier molecular flexibility index (Phi) is 5.64. The Balaban J connectivity index is 1.42. The fourth-order valence-corrected chi connectivity index (χ4v) is 5.08. The van der Waals surface area contributed by atoms with Crippen molar-refractivity contribution in [2.45, 2.75) is 37.1 Å². The summed E-state index contributed by atoms with van der Waals surface area (Å²) in [5.74, 6) is 0.393. The highest BCUT2D eigenvalue weighted by atomic mass is 32.2. The van der Waals surface area contributed by atoms with Crippen molar-refractivity contribution in [3.63, 3.8) is 0 Å². The van der Waals surface area contributed by atoms with Crippen molar-refractivity contribution in [1.29, 1.82) is 0 Å². The van der Waals surface area contributed by atoms with Crippen LogP contribution in [0.3, 0.4) is 0 Å². The van der Waals surface area contributed by atoms with E-state index in [2.05, 4.69) is 15.3 Å². The van der Waals surface area contributed by atoms with Crippen molar-refractivity contribution in [1.82, 2.24) is 19.6 Å². The normalized spacial score (nSPS) is 15.9. The molecule has 0 spiro atoms. The van der Waals surface area contributed by atoms with E-state index in [4.69, 9.17) is 0 Å². The Bertz CT molecular complexity index is 1070. The third-order valence-electron chi connectivity index (χ3n) is 5.17. The highest BCUT2D eigenvalue weighted by molar-refractivity contribution is 7.89. The third kappa shape index (κ3) is 4.33. The highest BCUT2D eigenvalue weighted by Crippen LogP contribution is 2.20. The predicted octanol–water partition coefficient (Wildman–Crippen LogP) is 3.06. The fraction of sp³-hybridized carbons (Fsp3) is 0.333. The molecule has 0 unspecified atom stereocenters. The Hall–Kier alpha value is -2.71. The van der Waals surface area contributed by atoms with E-state index >= 15 is 0 Å². The number of hydrogen-bond donors (Lipinski definition) is 2. The molecule has 0 aliphatic carbocycles. The molecule has 2 heterocycles. The zero-order valence-electron chi connectivity index (χ0n) is 16.1. The summed E-state index contributed by atoms with van der Waals surface area (Å²) in [6.45, 7) is 1.38. The molecule has 1 aliphatic rings. The standard InChI is InChI=1S/C21H24N4O3S/c26-21(22-15-20-23-18-7-3-4-8-19(18)24-20)16-9-11-17(12-10-16)29(27,28)25-13-5-1-2-6-14-25/h3-4,7-12H,1-2,5-6,13-15H2,(H,22,26)(H,23,24). The summed E-state index contributed by atoms with van der Waals surface area (Å²) in [6.07, 6.45) is 3.91. The van der Waals surface area contributed by atoms with Crippen LogP contribution in [0.15, 0.2) is 53.4 Å². The van der Waals surface area contributed by atoms with E-state index in [0.29, 0.717) is 24.5 Å². The van der Waals surface area contributed by atoms with Crippen LogP contribution >= 0.6 is 0 Å². The summed E-state index contributed by atoms with van der Waals surface area (Å²) in [5.41, 5.74) is 2.18. The number of sulfonamides is 1. The van der Waals surface area contributed by atoms with Crippen molar-refractivity contribution >= 4 is 27.0 Å². The average Bonchev–Trinajstić information content (AvgIpc) is 2.94. The molecular weight excluding hydrogens is 388 g/mol. The Morgan fingerprint density at radius 1 is 1.00 bits per heavy atom. The Labute approximate surface area is 170 Å². The van der Waals surface area contributed by atoms with E-state index in [9.17, 15) is 13.2 Å². The van der Waals surface area contributed by atoms with Crippen molar-refractivity contribution < 1.29 is 13.2 Å². The molecule has 0 atom stereocenters. The van der Waals surface area contributed by atoms with Crippen LogP contribution in [-0.2, 0) is 16.6 Å². The number of carbonyl (C=O) groups is 1. The van der Waals surface area contributed by atoms with Crippen LogP contribution in [0.5, 0.6) is 0 Å². The summed E-state index contributed by atoms with van der Waals surface area (Å²) < 4.78 is 27.2. The van der Waals surface area contributed by atoms with Crippen molar-refractivity contribution in [3.8, 4) is 0 Å². The zero-order valence-corrected chi connectivity index (χ0v) is 16.9. The smallest absolute Gasteiger partial charge is 0.251 e. The lowest BCUT2D eigenvalue weighted by atomic mass is 10.2. The number of amides is 1. The first kappa shape index (κ1) is 19.6. The number of benzene rings is 2. The van der Waals surface area contributed by atoms with E-state index in [-0.39, 0.29) is 17.3 Å². The summed E-state index contributed by atoms with van der Waals surface area (Å²) in [6, 6.07) is 13.8. The first-order chi connectivity index (χ1) is 14.0. The number of rotatable bonds is 5. The van der Waals surface area contributed by atoms with Gasteiger partial charge in [0.2, 0.25) is 10.0 Å². The molecule has 0 radical (unpaired) electrons. The van der Waals surface area contributed by atoms with Gasteiger partial charge in [0.25, 0.3) is 5.91 Å². The number of imidazole rings is 1. The Morgan fingerprint density at radius 3 is 2.38 bits per heavy atom. The number of H-pyrrole nitrogens is 1. The van der Waals surface area contributed by atoms with Crippen LogP contribution in [0.4, 0.5) is 0 Å². The fourth-order valence-electron chi connectivity index (χ4n) is 3.56. The monoisotopic (exact) mass is 412 g/mol. The number of nitrogens with zero attached hydrogens (tertiary/aromatic N) is 2. The van der Waals surface area contributed by atoms with Crippen LogP contribution in [-0.4, -0.2) is 41.7 Å². The van der Waals surface area contributed by atoms with Gasteiger partial charge in [-0.2, -0.15) is 4.31 Å². The third-order valence-corrected chi connectivity index (χ3v) is 7.09. The quantitative estimate of drug-likeness (QED) is 0.673. The minimum atomic E-state index is -3.51. The molecule has 8 heteroatoms. The minimum Gasteiger partial charge on any atom is -0.345 e. The molecule has 152 valence electrons. The SMILES string of the molecule is O=C(NCc1nc2ccccc2[nH]1)c1ccc(S(=O)(=O)N2CCCCCC2)cc1. The molecule has 3 aromatic rings. The number of hydrogen-bond acceptors (Lipinski definition) is 4. The van der Waals surface area contributed by atoms with Crippen LogP contribution in [0.2, 0.25) is 0 Å². The second-order valence-electron chi connectivity index (χ2n) is 7.23. The maximum Gasteiger partial charge on any atom is 0.251 e. The molecule has 0 bridgehead atoms. The van der Waals surface area contributed by atoms with E-state index < -0.39 is 10.0 Å². The number of aromatic amines is 1. The maximum absolute atomic E-state index is 12.8. The van der Waals surface area contributed by atoms with Gasteiger partial charge in [-0.3, -0.25) is 4.79 Å². The van der Waals surface area contributed by atoms with Crippen LogP contribution in [0.1, 0.15) is 41.9 Å². The van der Waals surface area contributed by atoms with Crippen molar-refractivity contribution in [3.05, 3.63) is 59.9 Å². The van der Waals surface area contributed by atoms with Crippen LogP contribution in [0.25, 0.3) is 11.0 Å². The predicted molar refractivity (Wildman–Crippen MR) is 111 cm³/mol. The lowest BCUT2D eigenvalue weighted by Gasteiger charge is -2.20. The second-order valence-corrected chi connectivity index (χ2v) is 9.16. The summed E-state index contributed by atoms with van der Waals surface area (Å²) in [7, 11) is -3.51. The van der Waals surface area contributed by atoms with E-state index in [0.717, 1.165) is 36.7 Å². The van der Waals surface area contributed by atoms with Gasteiger partial charge in [0.1, 0.15) is 5.82 Å². The van der Waals surface area contributed by atoms with Gasteiger partial charge in [-0.15, -0.1) is 0 Å². The van der Waals surface area contributed by atoms with Gasteiger partial charge in [-0.1, -0.05) is 25.0 Å². The van der Waals surface area contributed by atoms with Crippen molar-refractivity contribution in [2.24, 2.45) is 0 Å². The molecule has 1 saturated heterocycles. The van der Waals surface area contributed by atoms with Gasteiger partial charge >= 0.3 is 0 Å². The number of nitrogens with one attached hydrogen (secondary N) is 2. The van der Waals surface area contributed by atoms with Gasteiger partial charge in [0, 0.05) is 18.7 Å². The molecule has 0 saturated carbocycles. The number of aromatic nitrogens is 2. The topological polar surface area (TPSA) is 95.2 Å². The molecule has 2 N–H and O–H groups in total. The lowest BCUT2D eigenvalue weighted by Crippen LogP contribution is -2.32. The molecule has 4 rings (SSSR count). The van der Waals surface area contributed by atoms with Gasteiger partial charge in [0.15, 0.2) is 0 Å².